The van der Waals surface area contributed by atoms with Crippen molar-refractivity contribution in [2.24, 2.45) is 0 Å². The van der Waals surface area contributed by atoms with E-state index < -0.39 is 18.4 Å². The molecule has 1 aromatic rings. The summed E-state index contributed by atoms with van der Waals surface area (Å²) in [4.78, 5) is 0. The van der Waals surface area contributed by atoms with Crippen LogP contribution in [0.5, 0.6) is 0 Å². The fourth-order valence-electron chi connectivity index (χ4n) is 1.95. The van der Waals surface area contributed by atoms with Gasteiger partial charge in [-0.25, -0.2) is 0 Å². The zero-order valence-corrected chi connectivity index (χ0v) is 11.9. The molecule has 0 aliphatic carbocycles. The molecule has 74 valence electrons. The van der Waals surface area contributed by atoms with Crippen molar-refractivity contribution in [3.63, 3.8) is 0 Å². The maximum atomic E-state index is 2.40. The first-order valence-electron chi connectivity index (χ1n) is 5.37. The van der Waals surface area contributed by atoms with E-state index in [1.54, 1.807) is 0 Å². The van der Waals surface area contributed by atoms with E-state index in [1.807, 2.05) is 0 Å². The molecule has 0 aromatic carbocycles. The van der Waals surface area contributed by atoms with Crippen molar-refractivity contribution in [2.75, 3.05) is 0 Å². The van der Waals surface area contributed by atoms with Crippen LogP contribution in [0.1, 0.15) is 20.8 Å². The molecule has 1 nitrogen and oxygen atoms in total. The molecule has 0 spiro atoms. The number of rotatable bonds is 5. The van der Waals surface area contributed by atoms with Crippen molar-refractivity contribution in [1.82, 2.24) is 4.57 Å². The molecule has 0 saturated heterocycles. The molecule has 0 N–H and O–H groups in total. The molecule has 0 fully saturated rings. The van der Waals surface area contributed by atoms with Gasteiger partial charge in [0.25, 0.3) is 0 Å². The maximum absolute atomic E-state index is 2.40. The van der Waals surface area contributed by atoms with Crippen molar-refractivity contribution in [3.05, 3.63) is 24.5 Å². The van der Waals surface area contributed by atoms with E-state index in [2.05, 4.69) is 49.9 Å². The number of aromatic nitrogens is 1. The molecular formula is C11H21NSn. The van der Waals surface area contributed by atoms with Crippen LogP contribution in [0.2, 0.25) is 13.3 Å². The fraction of sp³-hybridized carbons (Fsp3) is 0.636. The molecule has 0 radical (unpaired) electrons. The van der Waals surface area contributed by atoms with Crippen LogP contribution < -0.4 is 0 Å². The fourth-order valence-corrected chi connectivity index (χ4v) is 11.0. The Labute approximate surface area is 86.0 Å². The molecule has 0 aliphatic rings. The van der Waals surface area contributed by atoms with E-state index in [0.717, 1.165) is 0 Å². The molecule has 0 amide bonds. The van der Waals surface area contributed by atoms with Crippen molar-refractivity contribution < 1.29 is 0 Å². The SMILES string of the molecule is C[CH2][Sn]([CH2]C)([CH2]C)[CH2]n1cccc1. The Bertz CT molecular complexity index is 216. The molecule has 2 heteroatoms. The van der Waals surface area contributed by atoms with Crippen LogP contribution >= 0.6 is 0 Å². The zero-order chi connectivity index (χ0) is 9.73. The third kappa shape index (κ3) is 2.76. The van der Waals surface area contributed by atoms with Crippen LogP contribution in [0.25, 0.3) is 0 Å². The Morgan fingerprint density at radius 3 is 1.77 bits per heavy atom. The molecule has 0 atom stereocenters. The zero-order valence-electron chi connectivity index (χ0n) is 9.09. The summed E-state index contributed by atoms with van der Waals surface area (Å²) in [6, 6.07) is 4.27. The Morgan fingerprint density at radius 1 is 0.923 bits per heavy atom. The van der Waals surface area contributed by atoms with Gasteiger partial charge in [0.1, 0.15) is 0 Å². The Morgan fingerprint density at radius 2 is 1.38 bits per heavy atom. The molecule has 0 unspecified atom stereocenters. The van der Waals surface area contributed by atoms with E-state index in [0.29, 0.717) is 0 Å². The summed E-state index contributed by atoms with van der Waals surface area (Å²) < 4.78 is 8.23. The van der Waals surface area contributed by atoms with Gasteiger partial charge in [0, 0.05) is 0 Å². The van der Waals surface area contributed by atoms with Crippen LogP contribution in [0.4, 0.5) is 0 Å². The van der Waals surface area contributed by atoms with Crippen LogP contribution in [-0.2, 0) is 4.56 Å². The van der Waals surface area contributed by atoms with Gasteiger partial charge in [-0.15, -0.1) is 0 Å². The van der Waals surface area contributed by atoms with Gasteiger partial charge in [-0.1, -0.05) is 0 Å². The van der Waals surface area contributed by atoms with E-state index in [4.69, 9.17) is 0 Å². The van der Waals surface area contributed by atoms with Crippen molar-refractivity contribution in [1.29, 1.82) is 0 Å². The Kier molecular flexibility index (Phi) is 4.36. The van der Waals surface area contributed by atoms with Crippen molar-refractivity contribution in [3.8, 4) is 0 Å². The van der Waals surface area contributed by atoms with Gasteiger partial charge in [-0.05, 0) is 0 Å². The van der Waals surface area contributed by atoms with Gasteiger partial charge in [-0.2, -0.15) is 0 Å². The van der Waals surface area contributed by atoms with Gasteiger partial charge in [0.15, 0.2) is 0 Å². The minimum absolute atomic E-state index is 1.38. The Balaban J connectivity index is 2.67. The van der Waals surface area contributed by atoms with Crippen molar-refractivity contribution >= 4 is 18.4 Å². The monoisotopic (exact) mass is 287 g/mol. The third-order valence-electron chi connectivity index (χ3n) is 3.43. The van der Waals surface area contributed by atoms with Crippen LogP contribution in [0.15, 0.2) is 24.5 Å². The molecule has 0 aliphatic heterocycles. The molecule has 0 saturated carbocycles. The first-order chi connectivity index (χ1) is 6.26. The molecule has 1 rings (SSSR count). The topological polar surface area (TPSA) is 4.93 Å². The third-order valence-corrected chi connectivity index (χ3v) is 19.2. The summed E-state index contributed by atoms with van der Waals surface area (Å²) >= 11 is -1.71. The first-order valence-corrected chi connectivity index (χ1v) is 13.4. The van der Waals surface area contributed by atoms with Crippen LogP contribution in [0, 0.1) is 0 Å². The first kappa shape index (κ1) is 11.2. The van der Waals surface area contributed by atoms with E-state index in [1.165, 1.54) is 17.9 Å². The number of hydrogen-bond donors (Lipinski definition) is 0. The second-order valence-electron chi connectivity index (χ2n) is 3.92. The normalized spacial score (nSPS) is 11.9. The summed E-state index contributed by atoms with van der Waals surface area (Å²) in [5, 5.41) is 0. The Hall–Kier alpha value is 0.0787. The summed E-state index contributed by atoms with van der Waals surface area (Å²) in [6.45, 7) is 7.19. The number of nitrogens with zero attached hydrogens (tertiary/aromatic N) is 1. The van der Waals surface area contributed by atoms with E-state index >= 15 is 0 Å². The summed E-state index contributed by atoms with van der Waals surface area (Å²) in [7, 11) is 0. The second kappa shape index (κ2) is 5.08. The van der Waals surface area contributed by atoms with Gasteiger partial charge >= 0.3 is 86.1 Å². The average molecular weight is 286 g/mol. The summed E-state index contributed by atoms with van der Waals surface area (Å²) in [6.07, 6.45) is 4.43. The molecule has 0 bridgehead atoms. The quantitative estimate of drug-likeness (QED) is 0.730. The van der Waals surface area contributed by atoms with Gasteiger partial charge in [-0.3, -0.25) is 0 Å². The molecule has 1 aromatic heterocycles. The predicted molar refractivity (Wildman–Crippen MR) is 61.6 cm³/mol. The van der Waals surface area contributed by atoms with E-state index in [-0.39, 0.29) is 0 Å². The van der Waals surface area contributed by atoms with Gasteiger partial charge in [0.05, 0.1) is 0 Å². The van der Waals surface area contributed by atoms with E-state index in [9.17, 15) is 0 Å². The van der Waals surface area contributed by atoms with Crippen LogP contribution in [0.3, 0.4) is 0 Å². The summed E-state index contributed by atoms with van der Waals surface area (Å²) in [5.41, 5.74) is 0. The second-order valence-corrected chi connectivity index (χ2v) is 19.4. The van der Waals surface area contributed by atoms with Gasteiger partial charge < -0.3 is 0 Å². The standard InChI is InChI=1S/C5H6N.3C2H5.Sn/c1-6-4-2-3-5-6;3*1-2;/h2-5H,1H2;3*1H2,2H3;. The summed E-state index contributed by atoms with van der Waals surface area (Å²) in [5.74, 6) is 0. The molecule has 13 heavy (non-hydrogen) atoms. The molecular weight excluding hydrogens is 265 g/mol. The average Bonchev–Trinajstić information content (AvgIpc) is 2.67. The predicted octanol–water partition coefficient (Wildman–Crippen LogP) is 3.54. The van der Waals surface area contributed by atoms with Crippen molar-refractivity contribution in [2.45, 2.75) is 38.6 Å². The molecule has 1 heterocycles. The van der Waals surface area contributed by atoms with Gasteiger partial charge in [0.2, 0.25) is 0 Å². The number of hydrogen-bond acceptors (Lipinski definition) is 0. The minimum atomic E-state index is -1.71. The van der Waals surface area contributed by atoms with Crippen LogP contribution in [-0.4, -0.2) is 22.9 Å².